The maximum atomic E-state index is 13.1. The van der Waals surface area contributed by atoms with E-state index in [0.29, 0.717) is 11.4 Å². The fraction of sp³-hybridized carbons (Fsp3) is 0.125. The molecule has 2 rings (SSSR count). The van der Waals surface area contributed by atoms with Crippen LogP contribution in [0.2, 0.25) is 0 Å². The molecule has 3 nitrogen and oxygen atoms in total. The summed E-state index contributed by atoms with van der Waals surface area (Å²) >= 11 is 5.51. The quantitative estimate of drug-likeness (QED) is 0.552. The van der Waals surface area contributed by atoms with Crippen molar-refractivity contribution in [2.75, 3.05) is 0 Å². The van der Waals surface area contributed by atoms with E-state index in [1.165, 1.54) is 6.07 Å². The summed E-state index contributed by atoms with van der Waals surface area (Å²) in [6.45, 7) is 0. The number of nitrogens with one attached hydrogen (secondary N) is 1. The molecule has 0 saturated carbocycles. The molecule has 1 atom stereocenters. The van der Waals surface area contributed by atoms with E-state index in [9.17, 15) is 4.39 Å². The van der Waals surface area contributed by atoms with Crippen LogP contribution in [0.3, 0.4) is 0 Å². The minimum absolute atomic E-state index is 0.318. The fourth-order valence-electron chi connectivity index (χ4n) is 1.04. The lowest BCUT2D eigenvalue weighted by Crippen LogP contribution is -2.19. The summed E-state index contributed by atoms with van der Waals surface area (Å²) in [4.78, 5) is 8.55. The Kier molecular flexibility index (Phi) is 2.16. The average Bonchev–Trinajstić information content (AvgIpc) is 2.53. The van der Waals surface area contributed by atoms with E-state index in [0.717, 1.165) is 0 Å². The van der Waals surface area contributed by atoms with Gasteiger partial charge in [0.25, 0.3) is 5.69 Å². The number of hydrogen-bond acceptors (Lipinski definition) is 3. The van der Waals surface area contributed by atoms with Gasteiger partial charge in [0.1, 0.15) is 5.82 Å². The minimum Gasteiger partial charge on any atom is -0.245 e. The molecule has 1 N–H and O–H groups in total. The van der Waals surface area contributed by atoms with Crippen molar-refractivity contribution < 1.29 is 9.23 Å². The van der Waals surface area contributed by atoms with E-state index in [1.54, 1.807) is 18.2 Å². The van der Waals surface area contributed by atoms with Crippen LogP contribution in [0, 0.1) is 5.82 Å². The van der Waals surface area contributed by atoms with Crippen molar-refractivity contribution in [3.63, 3.8) is 0 Å². The molecule has 5 heteroatoms. The Balaban J connectivity index is 2.36. The number of halogens is 2. The standard InChI is InChI=1S/C8H6ClFN2O/c9-8-11-7(12-13-8)5-3-1-2-4-6(5)10/h1-4,8H,(H,11,12). The van der Waals surface area contributed by atoms with E-state index >= 15 is 0 Å². The molecule has 0 radical (unpaired) electrons. The molecule has 1 heterocycles. The van der Waals surface area contributed by atoms with Crippen molar-refractivity contribution in [1.29, 1.82) is 0 Å². The van der Waals surface area contributed by atoms with Crippen LogP contribution in [0.25, 0.3) is 0 Å². The molecule has 0 saturated heterocycles. The van der Waals surface area contributed by atoms with Gasteiger partial charge in [-0.05, 0) is 12.1 Å². The topological polar surface area (TPSA) is 33.6 Å². The van der Waals surface area contributed by atoms with Crippen LogP contribution in [0.15, 0.2) is 29.3 Å². The molecule has 1 aromatic rings. The van der Waals surface area contributed by atoms with Gasteiger partial charge in [-0.25, -0.2) is 19.7 Å². The highest BCUT2D eigenvalue weighted by atomic mass is 35.5. The van der Waals surface area contributed by atoms with Crippen LogP contribution in [0.4, 0.5) is 4.39 Å². The Morgan fingerprint density at radius 3 is 2.85 bits per heavy atom. The molecule has 0 amide bonds. The Labute approximate surface area is 79.1 Å². The first-order chi connectivity index (χ1) is 6.27. The van der Waals surface area contributed by atoms with Gasteiger partial charge in [0.15, 0.2) is 5.84 Å². The molecular weight excluding hydrogens is 195 g/mol. The first-order valence-electron chi connectivity index (χ1n) is 3.66. The number of hydrogen-bond donors (Lipinski definition) is 1. The predicted octanol–water partition coefficient (Wildman–Crippen LogP) is 1.63. The number of benzene rings is 1. The second-order valence-electron chi connectivity index (χ2n) is 2.47. The molecule has 1 aliphatic heterocycles. The number of alkyl halides is 1. The van der Waals surface area contributed by atoms with E-state index in [4.69, 9.17) is 16.4 Å². The van der Waals surface area contributed by atoms with E-state index in [1.807, 2.05) is 0 Å². The van der Waals surface area contributed by atoms with Crippen LogP contribution in [-0.4, -0.2) is 11.5 Å². The normalized spacial score (nSPS) is 21.1. The zero-order chi connectivity index (χ0) is 9.26. The van der Waals surface area contributed by atoms with Crippen molar-refractivity contribution in [3.8, 4) is 0 Å². The molecule has 1 aromatic carbocycles. The monoisotopic (exact) mass is 200 g/mol. The molecule has 0 aliphatic carbocycles. The molecule has 0 spiro atoms. The van der Waals surface area contributed by atoms with Gasteiger partial charge in [0.05, 0.1) is 5.56 Å². The summed E-state index contributed by atoms with van der Waals surface area (Å²) in [5.41, 5.74) is 2.01. The summed E-state index contributed by atoms with van der Waals surface area (Å²) in [6.07, 6.45) is 0. The SMILES string of the molecule is Fc1ccccc1C1=NC(Cl)ON1. The van der Waals surface area contributed by atoms with Gasteiger partial charge in [0.2, 0.25) is 0 Å². The van der Waals surface area contributed by atoms with Crippen LogP contribution in [0.5, 0.6) is 0 Å². The van der Waals surface area contributed by atoms with Gasteiger partial charge in [0, 0.05) is 0 Å². The Bertz CT molecular complexity index is 356. The first kappa shape index (κ1) is 8.47. The largest absolute Gasteiger partial charge is 0.251 e. The lowest BCUT2D eigenvalue weighted by atomic mass is 10.2. The van der Waals surface area contributed by atoms with Crippen molar-refractivity contribution >= 4 is 17.4 Å². The van der Waals surface area contributed by atoms with Crippen LogP contribution in [-0.2, 0) is 4.84 Å². The number of rotatable bonds is 1. The molecule has 13 heavy (non-hydrogen) atoms. The first-order valence-corrected chi connectivity index (χ1v) is 4.09. The summed E-state index contributed by atoms with van der Waals surface area (Å²) in [5, 5.41) is 0. The number of hydroxylamine groups is 1. The highest BCUT2D eigenvalue weighted by Crippen LogP contribution is 2.13. The maximum absolute atomic E-state index is 13.1. The fourth-order valence-corrected chi connectivity index (χ4v) is 1.18. The van der Waals surface area contributed by atoms with Crippen molar-refractivity contribution in [3.05, 3.63) is 35.6 Å². The Morgan fingerprint density at radius 1 is 1.46 bits per heavy atom. The molecule has 68 valence electrons. The van der Waals surface area contributed by atoms with Crippen LogP contribution in [0.1, 0.15) is 5.56 Å². The third-order valence-electron chi connectivity index (χ3n) is 1.61. The van der Waals surface area contributed by atoms with Gasteiger partial charge in [-0.15, -0.1) is 0 Å². The predicted molar refractivity (Wildman–Crippen MR) is 46.8 cm³/mol. The van der Waals surface area contributed by atoms with Crippen molar-refractivity contribution in [2.24, 2.45) is 4.99 Å². The number of nitrogens with zero attached hydrogens (tertiary/aromatic N) is 1. The second-order valence-corrected chi connectivity index (χ2v) is 2.84. The van der Waals surface area contributed by atoms with E-state index in [-0.39, 0.29) is 5.82 Å². The van der Waals surface area contributed by atoms with Gasteiger partial charge in [-0.1, -0.05) is 23.7 Å². The highest BCUT2D eigenvalue weighted by molar-refractivity contribution is 6.21. The Hall–Kier alpha value is -1.13. The maximum Gasteiger partial charge on any atom is 0.251 e. The number of amidine groups is 1. The highest BCUT2D eigenvalue weighted by Gasteiger charge is 2.18. The molecule has 1 unspecified atom stereocenters. The lowest BCUT2D eigenvalue weighted by molar-refractivity contribution is 0.0879. The van der Waals surface area contributed by atoms with Gasteiger partial charge in [-0.3, -0.25) is 0 Å². The Morgan fingerprint density at radius 2 is 2.23 bits per heavy atom. The van der Waals surface area contributed by atoms with Crippen LogP contribution < -0.4 is 5.48 Å². The molecule has 0 aromatic heterocycles. The summed E-state index contributed by atoms with van der Waals surface area (Å²) in [5.74, 6) is -0.0405. The third-order valence-corrected chi connectivity index (χ3v) is 1.80. The smallest absolute Gasteiger partial charge is 0.245 e. The molecule has 1 aliphatic rings. The summed E-state index contributed by atoms with van der Waals surface area (Å²) in [7, 11) is 0. The van der Waals surface area contributed by atoms with E-state index in [2.05, 4.69) is 10.5 Å². The lowest BCUT2D eigenvalue weighted by Gasteiger charge is -2.00. The average molecular weight is 201 g/mol. The van der Waals surface area contributed by atoms with Crippen LogP contribution >= 0.6 is 11.6 Å². The van der Waals surface area contributed by atoms with Gasteiger partial charge >= 0.3 is 0 Å². The third kappa shape index (κ3) is 1.64. The zero-order valence-corrected chi connectivity index (χ0v) is 7.25. The van der Waals surface area contributed by atoms with Crippen molar-refractivity contribution in [1.82, 2.24) is 5.48 Å². The second kappa shape index (κ2) is 3.32. The molecule has 0 fully saturated rings. The van der Waals surface area contributed by atoms with Crippen molar-refractivity contribution in [2.45, 2.75) is 5.69 Å². The molecule has 0 bridgehead atoms. The van der Waals surface area contributed by atoms with E-state index < -0.39 is 5.69 Å². The van der Waals surface area contributed by atoms with Gasteiger partial charge < -0.3 is 0 Å². The minimum atomic E-state index is -0.783. The zero-order valence-electron chi connectivity index (χ0n) is 6.50. The number of aliphatic imine (C=N–C) groups is 1. The summed E-state index contributed by atoms with van der Waals surface area (Å²) < 4.78 is 13.1. The summed E-state index contributed by atoms with van der Waals surface area (Å²) in [6, 6.07) is 6.26. The molecular formula is C8H6ClFN2O. The van der Waals surface area contributed by atoms with Gasteiger partial charge in [-0.2, -0.15) is 0 Å².